The fourth-order valence-electron chi connectivity index (χ4n) is 3.70. The number of ether oxygens (including phenoxy) is 1. The molecule has 1 saturated carbocycles. The van der Waals surface area contributed by atoms with Gasteiger partial charge in [0.1, 0.15) is 0 Å². The zero-order valence-corrected chi connectivity index (χ0v) is 18.0. The van der Waals surface area contributed by atoms with Crippen LogP contribution in [0.2, 0.25) is 0 Å². The molecule has 1 unspecified atom stereocenters. The number of pyridine rings is 1. The lowest BCUT2D eigenvalue weighted by Crippen LogP contribution is -2.51. The second-order valence-corrected chi connectivity index (χ2v) is 8.25. The van der Waals surface area contributed by atoms with E-state index < -0.39 is 0 Å². The molecule has 4 rings (SSSR count). The Hall–Kier alpha value is -2.77. The van der Waals surface area contributed by atoms with E-state index in [-0.39, 0.29) is 0 Å². The summed E-state index contributed by atoms with van der Waals surface area (Å²) in [5, 5.41) is 11.3. The third-order valence-electron chi connectivity index (χ3n) is 5.55. The van der Waals surface area contributed by atoms with Crippen LogP contribution in [0.1, 0.15) is 38.2 Å². The van der Waals surface area contributed by atoms with Crippen molar-refractivity contribution in [1.29, 1.82) is 0 Å². The van der Waals surface area contributed by atoms with Gasteiger partial charge in [-0.05, 0) is 50.2 Å². The molecule has 2 fully saturated rings. The highest BCUT2D eigenvalue weighted by Gasteiger charge is 2.23. The van der Waals surface area contributed by atoms with E-state index in [0.717, 1.165) is 56.5 Å². The second kappa shape index (κ2) is 9.82. The lowest BCUT2D eigenvalue weighted by Gasteiger charge is -2.34. The summed E-state index contributed by atoms with van der Waals surface area (Å²) in [4.78, 5) is 11.5. The molecule has 2 aliphatic rings. The van der Waals surface area contributed by atoms with E-state index in [1.165, 1.54) is 18.5 Å². The number of piperidine rings is 1. The summed E-state index contributed by atoms with van der Waals surface area (Å²) in [7, 11) is 1.96. The third-order valence-corrected chi connectivity index (χ3v) is 5.55. The van der Waals surface area contributed by atoms with Crippen molar-refractivity contribution in [3.63, 3.8) is 0 Å². The molecule has 1 atom stereocenters. The highest BCUT2D eigenvalue weighted by atomic mass is 16.5. The molecule has 162 valence electrons. The normalized spacial score (nSPS) is 19.6. The monoisotopic (exact) mass is 411 g/mol. The molecule has 0 bridgehead atoms. The Morgan fingerprint density at radius 1 is 1.33 bits per heavy atom. The first kappa shape index (κ1) is 20.5. The van der Waals surface area contributed by atoms with Crippen LogP contribution < -0.4 is 20.3 Å². The molecule has 2 N–H and O–H groups in total. The largest absolute Gasteiger partial charge is 0.477 e. The Labute approximate surface area is 178 Å². The van der Waals surface area contributed by atoms with Crippen molar-refractivity contribution in [2.75, 3.05) is 31.1 Å². The number of aromatic nitrogens is 3. The van der Waals surface area contributed by atoms with Gasteiger partial charge >= 0.3 is 0 Å². The van der Waals surface area contributed by atoms with Crippen LogP contribution in [0.5, 0.6) is 5.88 Å². The van der Waals surface area contributed by atoms with Crippen LogP contribution in [-0.2, 0) is 13.6 Å². The third kappa shape index (κ3) is 5.87. The Kier molecular flexibility index (Phi) is 6.71. The summed E-state index contributed by atoms with van der Waals surface area (Å²) in [5.41, 5.74) is 2.29. The predicted molar refractivity (Wildman–Crippen MR) is 119 cm³/mol. The van der Waals surface area contributed by atoms with E-state index in [1.807, 2.05) is 30.1 Å². The van der Waals surface area contributed by atoms with Crippen LogP contribution in [-0.4, -0.2) is 53.0 Å². The molecule has 1 saturated heterocycles. The number of anilines is 1. The van der Waals surface area contributed by atoms with Gasteiger partial charge in [0.05, 0.1) is 25.0 Å². The first-order chi connectivity index (χ1) is 14.7. The number of rotatable bonds is 8. The van der Waals surface area contributed by atoms with Gasteiger partial charge in [-0.3, -0.25) is 4.68 Å². The van der Waals surface area contributed by atoms with Crippen molar-refractivity contribution in [2.24, 2.45) is 18.0 Å². The number of guanidine groups is 1. The number of aryl methyl sites for hydroxylation is 1. The van der Waals surface area contributed by atoms with E-state index in [1.54, 1.807) is 6.20 Å². The molecule has 30 heavy (non-hydrogen) atoms. The average molecular weight is 412 g/mol. The first-order valence-corrected chi connectivity index (χ1v) is 11.1. The summed E-state index contributed by atoms with van der Waals surface area (Å²) in [6.45, 7) is 6.31. The zero-order valence-electron chi connectivity index (χ0n) is 18.0. The van der Waals surface area contributed by atoms with Crippen LogP contribution in [0.3, 0.4) is 0 Å². The fourth-order valence-corrected chi connectivity index (χ4v) is 3.70. The summed E-state index contributed by atoms with van der Waals surface area (Å²) < 4.78 is 7.66. The Balaban J connectivity index is 1.34. The van der Waals surface area contributed by atoms with Gasteiger partial charge in [0.25, 0.3) is 0 Å². The molecule has 2 aromatic rings. The van der Waals surface area contributed by atoms with Gasteiger partial charge in [-0.15, -0.1) is 0 Å². The molecule has 8 nitrogen and oxygen atoms in total. The summed E-state index contributed by atoms with van der Waals surface area (Å²) in [6, 6.07) is 4.36. The predicted octanol–water partition coefficient (Wildman–Crippen LogP) is 2.33. The maximum atomic E-state index is 5.80. The number of aliphatic imine (C=N–C) groups is 1. The van der Waals surface area contributed by atoms with Crippen molar-refractivity contribution < 1.29 is 4.74 Å². The number of nitrogens with zero attached hydrogens (tertiary/aromatic N) is 5. The van der Waals surface area contributed by atoms with Crippen molar-refractivity contribution in [3.8, 4) is 5.88 Å². The Morgan fingerprint density at radius 3 is 3.00 bits per heavy atom. The first-order valence-electron chi connectivity index (χ1n) is 11.1. The number of nitrogens with one attached hydrogen (secondary N) is 2. The Morgan fingerprint density at radius 2 is 2.23 bits per heavy atom. The van der Waals surface area contributed by atoms with Gasteiger partial charge in [-0.25, -0.2) is 9.98 Å². The van der Waals surface area contributed by atoms with Crippen LogP contribution in [0.4, 0.5) is 5.69 Å². The quantitative estimate of drug-likeness (QED) is 0.513. The van der Waals surface area contributed by atoms with Gasteiger partial charge in [0.15, 0.2) is 5.96 Å². The van der Waals surface area contributed by atoms with Gasteiger partial charge in [0, 0.05) is 51.2 Å². The lowest BCUT2D eigenvalue weighted by molar-refractivity contribution is 0.288. The molecule has 1 aliphatic heterocycles. The highest BCUT2D eigenvalue weighted by molar-refractivity contribution is 5.80. The number of hydrogen-bond donors (Lipinski definition) is 2. The van der Waals surface area contributed by atoms with Crippen LogP contribution in [0, 0.1) is 5.92 Å². The van der Waals surface area contributed by atoms with Gasteiger partial charge in [0.2, 0.25) is 5.88 Å². The molecular weight excluding hydrogens is 378 g/mol. The maximum absolute atomic E-state index is 5.80. The van der Waals surface area contributed by atoms with Crippen molar-refractivity contribution >= 4 is 11.6 Å². The smallest absolute Gasteiger partial charge is 0.213 e. The van der Waals surface area contributed by atoms with Crippen LogP contribution in [0.25, 0.3) is 0 Å². The average Bonchev–Trinajstić information content (AvgIpc) is 3.49. The van der Waals surface area contributed by atoms with E-state index in [2.05, 4.69) is 38.7 Å². The Bertz CT molecular complexity index is 846. The van der Waals surface area contributed by atoms with Gasteiger partial charge < -0.3 is 20.3 Å². The standard InChI is InChI=1S/C22H33N7O/c1-3-23-22(25-12-18-8-9-24-21(11-18)30-16-17-6-7-17)27-19-5-4-10-29(14-19)20-13-26-28(2)15-20/h8-9,11,13,15,17,19H,3-7,10,12,14,16H2,1-2H3,(H2,23,25,27). The minimum atomic E-state index is 0.353. The zero-order chi connectivity index (χ0) is 20.8. The van der Waals surface area contributed by atoms with Crippen molar-refractivity contribution in [2.45, 2.75) is 45.2 Å². The molecule has 0 amide bonds. The molecule has 0 aromatic carbocycles. The summed E-state index contributed by atoms with van der Waals surface area (Å²) in [5.74, 6) is 2.28. The SMILES string of the molecule is CCNC(=NCc1ccnc(OCC2CC2)c1)NC1CCCN(c2cnn(C)c2)C1. The van der Waals surface area contributed by atoms with E-state index in [0.29, 0.717) is 18.5 Å². The summed E-state index contributed by atoms with van der Waals surface area (Å²) in [6.07, 6.45) is 10.7. The maximum Gasteiger partial charge on any atom is 0.213 e. The van der Waals surface area contributed by atoms with E-state index in [4.69, 9.17) is 9.73 Å². The molecule has 2 aromatic heterocycles. The molecule has 3 heterocycles. The fraction of sp³-hybridized carbons (Fsp3) is 0.591. The molecule has 1 aliphatic carbocycles. The summed E-state index contributed by atoms with van der Waals surface area (Å²) >= 11 is 0. The van der Waals surface area contributed by atoms with Crippen LogP contribution in [0.15, 0.2) is 35.7 Å². The van der Waals surface area contributed by atoms with E-state index >= 15 is 0 Å². The van der Waals surface area contributed by atoms with Crippen LogP contribution >= 0.6 is 0 Å². The molecule has 8 heteroatoms. The lowest BCUT2D eigenvalue weighted by atomic mass is 10.1. The highest BCUT2D eigenvalue weighted by Crippen LogP contribution is 2.29. The minimum Gasteiger partial charge on any atom is -0.477 e. The van der Waals surface area contributed by atoms with E-state index in [9.17, 15) is 0 Å². The second-order valence-electron chi connectivity index (χ2n) is 8.25. The molecule has 0 radical (unpaired) electrons. The number of hydrogen-bond acceptors (Lipinski definition) is 5. The topological polar surface area (TPSA) is 79.6 Å². The van der Waals surface area contributed by atoms with Gasteiger partial charge in [-0.2, -0.15) is 5.10 Å². The molecule has 0 spiro atoms. The van der Waals surface area contributed by atoms with Crippen molar-refractivity contribution in [3.05, 3.63) is 36.3 Å². The van der Waals surface area contributed by atoms with Crippen molar-refractivity contribution in [1.82, 2.24) is 25.4 Å². The van der Waals surface area contributed by atoms with Gasteiger partial charge in [-0.1, -0.05) is 0 Å². The minimum absolute atomic E-state index is 0.353. The molecular formula is C22H33N7O.